The molecule has 0 amide bonds. The highest BCUT2D eigenvalue weighted by molar-refractivity contribution is 5.38. The van der Waals surface area contributed by atoms with E-state index in [1.807, 2.05) is 48.3 Å². The lowest BCUT2D eigenvalue weighted by atomic mass is 10.3. The van der Waals surface area contributed by atoms with Gasteiger partial charge in [-0.05, 0) is 25.5 Å². The third-order valence-corrected chi connectivity index (χ3v) is 3.85. The summed E-state index contributed by atoms with van der Waals surface area (Å²) in [6.45, 7) is 4.29. The van der Waals surface area contributed by atoms with Gasteiger partial charge >= 0.3 is 0 Å². The van der Waals surface area contributed by atoms with Crippen LogP contribution >= 0.6 is 0 Å². The van der Waals surface area contributed by atoms with Crippen LogP contribution in [-0.2, 0) is 17.8 Å². The van der Waals surface area contributed by atoms with Crippen molar-refractivity contribution in [3.63, 3.8) is 0 Å². The van der Waals surface area contributed by atoms with Crippen LogP contribution in [0.3, 0.4) is 0 Å². The number of methoxy groups -OCH3 is 1. The van der Waals surface area contributed by atoms with Gasteiger partial charge in [0.1, 0.15) is 11.6 Å². The maximum absolute atomic E-state index is 5.07. The summed E-state index contributed by atoms with van der Waals surface area (Å²) < 4.78 is 9.15. The van der Waals surface area contributed by atoms with Gasteiger partial charge < -0.3 is 10.1 Å². The average Bonchev–Trinajstić information content (AvgIpc) is 3.20. The van der Waals surface area contributed by atoms with Crippen molar-refractivity contribution >= 4 is 5.82 Å². The number of benzene rings is 1. The molecular weight excluding hydrogens is 302 g/mol. The minimum atomic E-state index is 0.671. The maximum Gasteiger partial charge on any atom is 0.148 e. The van der Waals surface area contributed by atoms with Gasteiger partial charge in [0.25, 0.3) is 0 Å². The minimum absolute atomic E-state index is 0.671. The number of aryl methyl sites for hydroxylation is 2. The number of hydrogen-bond acceptors (Lipinski definition) is 4. The van der Waals surface area contributed by atoms with Crippen LogP contribution in [0, 0.1) is 6.92 Å². The molecule has 0 unspecified atom stereocenters. The van der Waals surface area contributed by atoms with Gasteiger partial charge in [-0.2, -0.15) is 5.10 Å². The normalized spacial score (nSPS) is 10.9. The van der Waals surface area contributed by atoms with Crippen molar-refractivity contribution in [1.29, 1.82) is 0 Å². The number of rotatable bonds is 8. The number of anilines is 1. The van der Waals surface area contributed by atoms with Gasteiger partial charge in [-0.25, -0.2) is 4.98 Å². The van der Waals surface area contributed by atoms with Crippen LogP contribution < -0.4 is 5.32 Å². The number of ether oxygens (including phenoxy) is 1. The zero-order valence-electron chi connectivity index (χ0n) is 14.1. The van der Waals surface area contributed by atoms with Gasteiger partial charge in [0.05, 0.1) is 18.4 Å². The Kier molecular flexibility index (Phi) is 5.28. The van der Waals surface area contributed by atoms with Crippen LogP contribution in [0.5, 0.6) is 0 Å². The van der Waals surface area contributed by atoms with Crippen molar-refractivity contribution in [3.8, 4) is 5.69 Å². The molecule has 0 saturated carbocycles. The predicted molar refractivity (Wildman–Crippen MR) is 94.3 cm³/mol. The van der Waals surface area contributed by atoms with E-state index in [1.165, 1.54) is 0 Å². The summed E-state index contributed by atoms with van der Waals surface area (Å²) in [5.74, 6) is 1.84. The predicted octanol–water partition coefficient (Wildman–Crippen LogP) is 3.03. The second-order valence-corrected chi connectivity index (χ2v) is 5.63. The first-order chi connectivity index (χ1) is 11.8. The summed E-state index contributed by atoms with van der Waals surface area (Å²) in [6.07, 6.45) is 4.85. The lowest BCUT2D eigenvalue weighted by Crippen LogP contribution is -2.08. The molecule has 0 spiro atoms. The fourth-order valence-electron chi connectivity index (χ4n) is 2.68. The van der Waals surface area contributed by atoms with Gasteiger partial charge in [0.2, 0.25) is 0 Å². The zero-order valence-corrected chi connectivity index (χ0v) is 14.1. The van der Waals surface area contributed by atoms with Gasteiger partial charge in [-0.1, -0.05) is 18.2 Å². The Hall–Kier alpha value is -2.60. The van der Waals surface area contributed by atoms with Gasteiger partial charge in [0, 0.05) is 38.2 Å². The summed E-state index contributed by atoms with van der Waals surface area (Å²) in [6, 6.07) is 12.2. The van der Waals surface area contributed by atoms with Crippen molar-refractivity contribution < 1.29 is 4.74 Å². The lowest BCUT2D eigenvalue weighted by Gasteiger charge is -2.10. The molecule has 0 aliphatic heterocycles. The summed E-state index contributed by atoms with van der Waals surface area (Å²) in [7, 11) is 1.72. The first-order valence-electron chi connectivity index (χ1n) is 8.13. The second-order valence-electron chi connectivity index (χ2n) is 5.63. The monoisotopic (exact) mass is 325 g/mol. The fraction of sp³-hybridized carbons (Fsp3) is 0.333. The third kappa shape index (κ3) is 3.83. The number of para-hydroxylation sites is 1. The van der Waals surface area contributed by atoms with E-state index in [0.29, 0.717) is 6.54 Å². The van der Waals surface area contributed by atoms with Crippen LogP contribution in [0.25, 0.3) is 5.69 Å². The average molecular weight is 325 g/mol. The number of aromatic nitrogens is 4. The number of nitrogens with zero attached hydrogens (tertiary/aromatic N) is 4. The Morgan fingerprint density at radius 1 is 1.17 bits per heavy atom. The molecular formula is C18H23N5O. The Balaban J connectivity index is 1.65. The molecule has 0 fully saturated rings. The number of imidazole rings is 1. The molecule has 3 rings (SSSR count). The molecule has 1 N–H and O–H groups in total. The summed E-state index contributed by atoms with van der Waals surface area (Å²) >= 11 is 0. The van der Waals surface area contributed by atoms with Crippen LogP contribution in [-0.4, -0.2) is 33.0 Å². The Morgan fingerprint density at radius 2 is 2.00 bits per heavy atom. The van der Waals surface area contributed by atoms with Crippen molar-refractivity contribution in [3.05, 3.63) is 60.3 Å². The molecule has 1 aromatic carbocycles. The van der Waals surface area contributed by atoms with E-state index < -0.39 is 0 Å². The molecule has 0 saturated heterocycles. The maximum atomic E-state index is 5.07. The van der Waals surface area contributed by atoms with Gasteiger partial charge in [-0.3, -0.25) is 9.25 Å². The first-order valence-corrected chi connectivity index (χ1v) is 8.13. The largest absolute Gasteiger partial charge is 0.385 e. The number of hydrogen-bond donors (Lipinski definition) is 1. The minimum Gasteiger partial charge on any atom is -0.385 e. The van der Waals surface area contributed by atoms with E-state index in [1.54, 1.807) is 7.11 Å². The van der Waals surface area contributed by atoms with Crippen LogP contribution in [0.2, 0.25) is 0 Å². The van der Waals surface area contributed by atoms with Gasteiger partial charge in [0.15, 0.2) is 0 Å². The fourth-order valence-corrected chi connectivity index (χ4v) is 2.68. The lowest BCUT2D eigenvalue weighted by molar-refractivity contribution is 0.189. The highest BCUT2D eigenvalue weighted by Crippen LogP contribution is 2.15. The molecule has 6 nitrogen and oxygen atoms in total. The van der Waals surface area contributed by atoms with Crippen LogP contribution in [0.1, 0.15) is 17.9 Å². The molecule has 0 bridgehead atoms. The summed E-state index contributed by atoms with van der Waals surface area (Å²) in [5.41, 5.74) is 2.22. The van der Waals surface area contributed by atoms with Crippen LogP contribution in [0.15, 0.2) is 48.8 Å². The van der Waals surface area contributed by atoms with E-state index in [-0.39, 0.29) is 0 Å². The van der Waals surface area contributed by atoms with E-state index >= 15 is 0 Å². The molecule has 6 heteroatoms. The van der Waals surface area contributed by atoms with E-state index in [4.69, 9.17) is 4.74 Å². The molecule has 0 atom stereocenters. The molecule has 24 heavy (non-hydrogen) atoms. The van der Waals surface area contributed by atoms with Crippen LogP contribution in [0.4, 0.5) is 5.82 Å². The first kappa shape index (κ1) is 16.3. The third-order valence-electron chi connectivity index (χ3n) is 3.85. The van der Waals surface area contributed by atoms with E-state index in [2.05, 4.69) is 32.1 Å². The van der Waals surface area contributed by atoms with Gasteiger partial charge in [-0.15, -0.1) is 0 Å². The molecule has 3 aromatic rings. The summed E-state index contributed by atoms with van der Waals surface area (Å²) in [5, 5.41) is 7.90. The van der Waals surface area contributed by atoms with Crippen molar-refractivity contribution in [2.24, 2.45) is 0 Å². The second kappa shape index (κ2) is 7.79. The Bertz CT molecular complexity index is 763. The SMILES string of the molecule is COCCCn1ccc(NCc2cnc(C)n2-c2ccccc2)n1. The quantitative estimate of drug-likeness (QED) is 0.647. The topological polar surface area (TPSA) is 56.9 Å². The van der Waals surface area contributed by atoms with Crippen molar-refractivity contribution in [2.75, 3.05) is 19.0 Å². The van der Waals surface area contributed by atoms with Crippen molar-refractivity contribution in [1.82, 2.24) is 19.3 Å². The van der Waals surface area contributed by atoms with E-state index in [0.717, 1.165) is 42.6 Å². The summed E-state index contributed by atoms with van der Waals surface area (Å²) in [4.78, 5) is 4.44. The molecule has 0 aliphatic carbocycles. The highest BCUT2D eigenvalue weighted by atomic mass is 16.5. The molecule has 2 aromatic heterocycles. The molecule has 0 radical (unpaired) electrons. The van der Waals surface area contributed by atoms with E-state index in [9.17, 15) is 0 Å². The zero-order chi connectivity index (χ0) is 16.8. The smallest absolute Gasteiger partial charge is 0.148 e. The highest BCUT2D eigenvalue weighted by Gasteiger charge is 2.09. The number of nitrogens with one attached hydrogen (secondary N) is 1. The molecule has 2 heterocycles. The molecule has 126 valence electrons. The standard InChI is InChI=1S/C18H23N5O/c1-15-19-13-17(23(15)16-7-4-3-5-8-16)14-20-18-9-11-22(21-18)10-6-12-24-2/h3-5,7-9,11,13H,6,10,12,14H2,1-2H3,(H,20,21). The Morgan fingerprint density at radius 3 is 2.79 bits per heavy atom. The molecule has 0 aliphatic rings. The Labute approximate surface area is 142 Å². The van der Waals surface area contributed by atoms with Crippen molar-refractivity contribution in [2.45, 2.75) is 26.4 Å².